The molecule has 6 nitrogen and oxygen atoms in total. The van der Waals surface area contributed by atoms with Gasteiger partial charge >= 0.3 is 0 Å². The van der Waals surface area contributed by atoms with Gasteiger partial charge in [0.25, 0.3) is 0 Å². The van der Waals surface area contributed by atoms with Gasteiger partial charge in [0.1, 0.15) is 11.5 Å². The van der Waals surface area contributed by atoms with Crippen molar-refractivity contribution in [2.45, 2.75) is 91.9 Å². The molecule has 2 aliphatic rings. The summed E-state index contributed by atoms with van der Waals surface area (Å²) in [6, 6.07) is 19.4. The van der Waals surface area contributed by atoms with Gasteiger partial charge in [-0.25, -0.2) is 0 Å². The van der Waals surface area contributed by atoms with Crippen LogP contribution in [0.2, 0.25) is 0 Å². The largest absolute Gasteiger partial charge is 0.511 e. The van der Waals surface area contributed by atoms with Crippen LogP contribution in [0.25, 0.3) is 0 Å². The van der Waals surface area contributed by atoms with E-state index in [2.05, 4.69) is 27.7 Å². The fraction of sp³-hybridized carbons (Fsp3) is 0.474. The maximum atomic E-state index is 13.1. The topological polar surface area (TPSA) is 99.3 Å². The first kappa shape index (κ1) is 33.1. The van der Waals surface area contributed by atoms with E-state index in [1.807, 2.05) is 60.7 Å². The number of aliphatic hydroxyl groups is 2. The fourth-order valence-corrected chi connectivity index (χ4v) is 6.26. The van der Waals surface area contributed by atoms with E-state index < -0.39 is 0 Å². The third kappa shape index (κ3) is 9.35. The zero-order valence-electron chi connectivity index (χ0n) is 26.9. The summed E-state index contributed by atoms with van der Waals surface area (Å²) < 4.78 is 0. The van der Waals surface area contributed by atoms with E-state index in [0.29, 0.717) is 62.8 Å². The second kappa shape index (κ2) is 14.8. The van der Waals surface area contributed by atoms with Crippen LogP contribution < -0.4 is 0 Å². The van der Waals surface area contributed by atoms with Crippen molar-refractivity contribution in [1.82, 2.24) is 0 Å². The zero-order valence-corrected chi connectivity index (χ0v) is 26.9. The third-order valence-electron chi connectivity index (χ3n) is 8.38. The molecule has 234 valence electrons. The lowest BCUT2D eigenvalue weighted by molar-refractivity contribution is -0.118. The first-order valence-electron chi connectivity index (χ1n) is 16.0. The number of rotatable bonds is 11. The fourth-order valence-electron chi connectivity index (χ4n) is 6.26. The standard InChI is InChI=1S/C38H48N2O4/c1-37(2)23-29(35(33(43)25-37)31(41)21-27-15-9-7-10-16-27)39-19-13-5-6-14-20-40-30-24-38(3,4)26-34(44)36(30)32(42)22-28-17-11-8-12-18-28/h7-12,15-18,41-42H,5-6,13-14,19-26H2,1-4H3/b35-31+,36-32+,39-29?,40-30?. The average Bonchev–Trinajstić information content (AvgIpc) is 2.93. The molecule has 2 aromatic rings. The minimum absolute atomic E-state index is 0.0276. The number of hydrogen-bond donors (Lipinski definition) is 2. The Labute approximate surface area is 262 Å². The van der Waals surface area contributed by atoms with Crippen LogP contribution in [0, 0.1) is 10.8 Å². The van der Waals surface area contributed by atoms with Crippen LogP contribution in [0.3, 0.4) is 0 Å². The molecule has 0 atom stereocenters. The molecule has 44 heavy (non-hydrogen) atoms. The number of unbranched alkanes of at least 4 members (excludes halogenated alkanes) is 3. The Kier molecular flexibility index (Phi) is 11.1. The van der Waals surface area contributed by atoms with Gasteiger partial charge in [0.05, 0.1) is 11.1 Å². The Balaban J connectivity index is 1.34. The molecule has 2 N–H and O–H groups in total. The number of benzene rings is 2. The highest BCUT2D eigenvalue weighted by Crippen LogP contribution is 2.37. The molecule has 0 unspecified atom stereocenters. The number of allylic oxidation sites excluding steroid dienone is 4. The Morgan fingerprint density at radius 3 is 1.32 bits per heavy atom. The summed E-state index contributed by atoms with van der Waals surface area (Å²) in [5, 5.41) is 21.9. The molecule has 0 radical (unpaired) electrons. The molecule has 0 aromatic heterocycles. The van der Waals surface area contributed by atoms with Crippen molar-refractivity contribution in [3.63, 3.8) is 0 Å². The van der Waals surface area contributed by atoms with E-state index in [-0.39, 0.29) is 33.9 Å². The summed E-state index contributed by atoms with van der Waals surface area (Å²) in [4.78, 5) is 35.8. The normalized spacial score (nSPS) is 22.4. The van der Waals surface area contributed by atoms with Crippen molar-refractivity contribution in [3.8, 4) is 0 Å². The number of hydrogen-bond acceptors (Lipinski definition) is 6. The van der Waals surface area contributed by atoms with Crippen LogP contribution in [0.5, 0.6) is 0 Å². The van der Waals surface area contributed by atoms with E-state index in [0.717, 1.165) is 48.2 Å². The summed E-state index contributed by atoms with van der Waals surface area (Å²) in [5.41, 5.74) is 3.85. The average molecular weight is 597 g/mol. The summed E-state index contributed by atoms with van der Waals surface area (Å²) in [6.45, 7) is 9.54. The number of aliphatic hydroxyl groups excluding tert-OH is 2. The van der Waals surface area contributed by atoms with Crippen LogP contribution in [0.4, 0.5) is 0 Å². The van der Waals surface area contributed by atoms with Gasteiger partial charge in [-0.1, -0.05) is 101 Å². The molecule has 0 bridgehead atoms. The molecule has 2 saturated carbocycles. The highest BCUT2D eigenvalue weighted by Gasteiger charge is 2.37. The van der Waals surface area contributed by atoms with Crippen molar-refractivity contribution in [1.29, 1.82) is 0 Å². The van der Waals surface area contributed by atoms with E-state index in [4.69, 9.17) is 9.98 Å². The van der Waals surface area contributed by atoms with Gasteiger partial charge in [-0.05, 0) is 47.6 Å². The van der Waals surface area contributed by atoms with E-state index in [9.17, 15) is 19.8 Å². The van der Waals surface area contributed by atoms with Gasteiger partial charge in [0.2, 0.25) is 0 Å². The molecule has 0 saturated heterocycles. The van der Waals surface area contributed by atoms with Crippen LogP contribution in [-0.2, 0) is 22.4 Å². The van der Waals surface area contributed by atoms with Crippen molar-refractivity contribution in [2.75, 3.05) is 13.1 Å². The highest BCUT2D eigenvalue weighted by molar-refractivity contribution is 6.25. The van der Waals surface area contributed by atoms with E-state index in [1.54, 1.807) is 0 Å². The first-order chi connectivity index (χ1) is 20.9. The second-order valence-corrected chi connectivity index (χ2v) is 13.9. The number of ketones is 2. The summed E-state index contributed by atoms with van der Waals surface area (Å²) in [5.74, 6) is 0.171. The van der Waals surface area contributed by atoms with E-state index >= 15 is 0 Å². The van der Waals surface area contributed by atoms with Gasteiger partial charge in [0.15, 0.2) is 11.6 Å². The first-order valence-corrected chi connectivity index (χ1v) is 16.0. The number of carbonyl (C=O) groups excluding carboxylic acids is 2. The predicted molar refractivity (Wildman–Crippen MR) is 179 cm³/mol. The number of carbonyl (C=O) groups is 2. The molecule has 6 heteroatoms. The lowest BCUT2D eigenvalue weighted by Crippen LogP contribution is -2.33. The van der Waals surface area contributed by atoms with Crippen molar-refractivity contribution in [2.24, 2.45) is 20.8 Å². The Morgan fingerprint density at radius 1 is 0.591 bits per heavy atom. The van der Waals surface area contributed by atoms with Crippen molar-refractivity contribution < 1.29 is 19.8 Å². The Hall–Kier alpha value is -3.80. The summed E-state index contributed by atoms with van der Waals surface area (Å²) in [7, 11) is 0. The minimum Gasteiger partial charge on any atom is -0.511 e. The zero-order chi connectivity index (χ0) is 31.7. The Bertz CT molecular complexity index is 1330. The van der Waals surface area contributed by atoms with E-state index in [1.165, 1.54) is 0 Å². The minimum atomic E-state index is -0.177. The number of nitrogens with zero attached hydrogens (tertiary/aromatic N) is 2. The molecule has 2 aromatic carbocycles. The second-order valence-electron chi connectivity index (χ2n) is 13.9. The van der Waals surface area contributed by atoms with Gasteiger partial charge in [-0.2, -0.15) is 0 Å². The molecule has 0 amide bonds. The van der Waals surface area contributed by atoms with Crippen molar-refractivity contribution >= 4 is 23.0 Å². The van der Waals surface area contributed by atoms with Crippen molar-refractivity contribution in [3.05, 3.63) is 94.5 Å². The lowest BCUT2D eigenvalue weighted by atomic mass is 9.73. The summed E-state index contributed by atoms with van der Waals surface area (Å²) >= 11 is 0. The van der Waals surface area contributed by atoms with Gasteiger partial charge < -0.3 is 10.2 Å². The van der Waals surface area contributed by atoms with Gasteiger partial charge in [-0.3, -0.25) is 19.6 Å². The quantitative estimate of drug-likeness (QED) is 0.155. The van der Waals surface area contributed by atoms with Gasteiger partial charge in [-0.15, -0.1) is 0 Å². The molecule has 0 heterocycles. The maximum Gasteiger partial charge on any atom is 0.168 e. The number of aliphatic imine (C=N–C) groups is 2. The van der Waals surface area contributed by atoms with Crippen LogP contribution >= 0.6 is 0 Å². The van der Waals surface area contributed by atoms with Crippen LogP contribution in [-0.4, -0.2) is 46.3 Å². The monoisotopic (exact) mass is 596 g/mol. The molecular weight excluding hydrogens is 548 g/mol. The maximum absolute atomic E-state index is 13.1. The predicted octanol–water partition coefficient (Wildman–Crippen LogP) is 8.32. The number of Topliss-reactive ketones (excluding diaryl/α,β-unsaturated/α-hetero) is 2. The van der Waals surface area contributed by atoms with Crippen LogP contribution in [0.15, 0.2) is 93.3 Å². The Morgan fingerprint density at radius 2 is 0.955 bits per heavy atom. The molecule has 2 fully saturated rings. The van der Waals surface area contributed by atoms with Gasteiger partial charge in [0, 0.05) is 50.2 Å². The highest BCUT2D eigenvalue weighted by atomic mass is 16.3. The molecule has 2 aliphatic carbocycles. The molecular formula is C38H48N2O4. The smallest absolute Gasteiger partial charge is 0.168 e. The summed E-state index contributed by atoms with van der Waals surface area (Å²) in [6.07, 6.45) is 6.53. The lowest BCUT2D eigenvalue weighted by Gasteiger charge is -2.31. The molecule has 0 aliphatic heterocycles. The third-order valence-corrected chi connectivity index (χ3v) is 8.38. The molecule has 0 spiro atoms. The SMILES string of the molecule is CC1(C)CC(=O)/C(=C(/O)Cc2ccccc2)C(=NCCCCCCN=C2CC(C)(C)CC(=O)/C2=C(/O)Cc2ccccc2)C1. The molecule has 4 rings (SSSR count). The van der Waals surface area contributed by atoms with Crippen LogP contribution in [0.1, 0.15) is 90.2 Å².